The fourth-order valence-electron chi connectivity index (χ4n) is 2.27. The zero-order valence-electron chi connectivity index (χ0n) is 12.9. The summed E-state index contributed by atoms with van der Waals surface area (Å²) >= 11 is 0. The third kappa shape index (κ3) is 3.15. The SMILES string of the molecule is CNC(=O)COc1ccc(-c2cc3c(cc2OC)OCO3)cc1. The standard InChI is InChI=1S/C17H17NO5/c1-18-17(19)9-21-12-5-3-11(4-6-12)13-7-15-16(23-10-22-15)8-14(13)20-2/h3-8H,9-10H2,1-2H3,(H,18,19). The molecule has 0 bridgehead atoms. The molecule has 0 fully saturated rings. The predicted octanol–water partition coefficient (Wildman–Crippen LogP) is 2.22. The molecule has 1 N–H and O–H groups in total. The van der Waals surface area contributed by atoms with Crippen LogP contribution in [0.3, 0.4) is 0 Å². The summed E-state index contributed by atoms with van der Waals surface area (Å²) in [6.07, 6.45) is 0. The van der Waals surface area contributed by atoms with Gasteiger partial charge in [0.25, 0.3) is 5.91 Å². The molecular formula is C17H17NO5. The Kier molecular flexibility index (Phi) is 4.23. The second kappa shape index (κ2) is 6.48. The van der Waals surface area contributed by atoms with Gasteiger partial charge in [0.1, 0.15) is 11.5 Å². The summed E-state index contributed by atoms with van der Waals surface area (Å²) in [7, 11) is 3.18. The Morgan fingerprint density at radius 3 is 2.52 bits per heavy atom. The van der Waals surface area contributed by atoms with Crippen molar-refractivity contribution >= 4 is 5.91 Å². The second-order valence-corrected chi connectivity index (χ2v) is 4.89. The minimum Gasteiger partial charge on any atom is -0.496 e. The van der Waals surface area contributed by atoms with E-state index >= 15 is 0 Å². The van der Waals surface area contributed by atoms with Crippen LogP contribution in [0.1, 0.15) is 0 Å². The van der Waals surface area contributed by atoms with E-state index in [1.165, 1.54) is 0 Å². The number of amides is 1. The highest BCUT2D eigenvalue weighted by Crippen LogP contribution is 2.42. The van der Waals surface area contributed by atoms with Crippen LogP contribution in [-0.4, -0.2) is 33.5 Å². The third-order valence-corrected chi connectivity index (χ3v) is 3.51. The average molecular weight is 315 g/mol. The van der Waals surface area contributed by atoms with Gasteiger partial charge < -0.3 is 24.3 Å². The van der Waals surface area contributed by atoms with Crippen LogP contribution < -0.4 is 24.3 Å². The summed E-state index contributed by atoms with van der Waals surface area (Å²) in [6, 6.07) is 11.1. The number of carbonyl (C=O) groups is 1. The van der Waals surface area contributed by atoms with E-state index in [0.717, 1.165) is 11.1 Å². The highest BCUT2D eigenvalue weighted by molar-refractivity contribution is 5.77. The van der Waals surface area contributed by atoms with Crippen molar-refractivity contribution in [2.24, 2.45) is 0 Å². The molecule has 0 atom stereocenters. The first-order valence-corrected chi connectivity index (χ1v) is 7.12. The zero-order valence-corrected chi connectivity index (χ0v) is 12.9. The van der Waals surface area contributed by atoms with Crippen molar-refractivity contribution in [2.45, 2.75) is 0 Å². The number of hydrogen-bond donors (Lipinski definition) is 1. The topological polar surface area (TPSA) is 66.0 Å². The van der Waals surface area contributed by atoms with E-state index in [1.807, 2.05) is 36.4 Å². The molecule has 6 nitrogen and oxygen atoms in total. The molecule has 6 heteroatoms. The van der Waals surface area contributed by atoms with Crippen molar-refractivity contribution in [2.75, 3.05) is 27.6 Å². The normalized spacial score (nSPS) is 11.9. The first-order chi connectivity index (χ1) is 11.2. The fraction of sp³-hybridized carbons (Fsp3) is 0.235. The monoisotopic (exact) mass is 315 g/mol. The first-order valence-electron chi connectivity index (χ1n) is 7.12. The largest absolute Gasteiger partial charge is 0.496 e. The van der Waals surface area contributed by atoms with Crippen molar-refractivity contribution < 1.29 is 23.7 Å². The fourth-order valence-corrected chi connectivity index (χ4v) is 2.27. The number of methoxy groups -OCH3 is 1. The van der Waals surface area contributed by atoms with Gasteiger partial charge in [-0.25, -0.2) is 0 Å². The number of nitrogens with one attached hydrogen (secondary N) is 1. The van der Waals surface area contributed by atoms with Crippen LogP contribution in [0, 0.1) is 0 Å². The molecular weight excluding hydrogens is 298 g/mol. The lowest BCUT2D eigenvalue weighted by Gasteiger charge is -2.11. The van der Waals surface area contributed by atoms with Crippen LogP contribution in [0.2, 0.25) is 0 Å². The number of likely N-dealkylation sites (N-methyl/N-ethyl adjacent to an activating group) is 1. The Morgan fingerprint density at radius 2 is 1.87 bits per heavy atom. The van der Waals surface area contributed by atoms with Crippen LogP contribution in [0.25, 0.3) is 11.1 Å². The first kappa shape index (κ1) is 15.0. The summed E-state index contributed by atoms with van der Waals surface area (Å²) in [6.45, 7) is 0.206. The van der Waals surface area contributed by atoms with Crippen LogP contribution in [-0.2, 0) is 4.79 Å². The van der Waals surface area contributed by atoms with Crippen molar-refractivity contribution in [3.05, 3.63) is 36.4 Å². The van der Waals surface area contributed by atoms with Gasteiger partial charge in [0.2, 0.25) is 6.79 Å². The van der Waals surface area contributed by atoms with Crippen molar-refractivity contribution in [1.82, 2.24) is 5.32 Å². The highest BCUT2D eigenvalue weighted by Gasteiger charge is 2.18. The van der Waals surface area contributed by atoms with E-state index in [0.29, 0.717) is 23.0 Å². The maximum Gasteiger partial charge on any atom is 0.257 e. The molecule has 0 radical (unpaired) electrons. The molecule has 1 aliphatic heterocycles. The van der Waals surface area contributed by atoms with E-state index in [-0.39, 0.29) is 19.3 Å². The van der Waals surface area contributed by atoms with E-state index in [2.05, 4.69) is 5.32 Å². The van der Waals surface area contributed by atoms with Crippen molar-refractivity contribution in [3.8, 4) is 34.1 Å². The molecule has 0 saturated carbocycles. The molecule has 1 amide bonds. The molecule has 3 rings (SSSR count). The van der Waals surface area contributed by atoms with Crippen molar-refractivity contribution in [1.29, 1.82) is 0 Å². The Hall–Kier alpha value is -2.89. The van der Waals surface area contributed by atoms with Gasteiger partial charge in [-0.15, -0.1) is 0 Å². The smallest absolute Gasteiger partial charge is 0.257 e. The number of carbonyl (C=O) groups excluding carboxylic acids is 1. The molecule has 2 aromatic rings. The Balaban J connectivity index is 1.83. The molecule has 1 aliphatic rings. The molecule has 0 spiro atoms. The van der Waals surface area contributed by atoms with Gasteiger partial charge in [0, 0.05) is 18.7 Å². The van der Waals surface area contributed by atoms with E-state index < -0.39 is 0 Å². The summed E-state index contributed by atoms with van der Waals surface area (Å²) in [5.74, 6) is 2.52. The summed E-state index contributed by atoms with van der Waals surface area (Å²) < 4.78 is 21.6. The average Bonchev–Trinajstić information content (AvgIpc) is 3.06. The quantitative estimate of drug-likeness (QED) is 0.916. The predicted molar refractivity (Wildman–Crippen MR) is 84.1 cm³/mol. The van der Waals surface area contributed by atoms with E-state index in [9.17, 15) is 4.79 Å². The number of fused-ring (bicyclic) bond motifs is 1. The number of benzene rings is 2. The molecule has 1 heterocycles. The van der Waals surface area contributed by atoms with Crippen LogP contribution in [0.5, 0.6) is 23.0 Å². The molecule has 0 aliphatic carbocycles. The lowest BCUT2D eigenvalue weighted by Crippen LogP contribution is -2.24. The number of ether oxygens (including phenoxy) is 4. The molecule has 23 heavy (non-hydrogen) atoms. The third-order valence-electron chi connectivity index (χ3n) is 3.51. The maximum absolute atomic E-state index is 11.2. The minimum absolute atomic E-state index is 0.0107. The minimum atomic E-state index is -0.175. The summed E-state index contributed by atoms with van der Waals surface area (Å²) in [4.78, 5) is 11.2. The lowest BCUT2D eigenvalue weighted by atomic mass is 10.0. The van der Waals surface area contributed by atoms with Gasteiger partial charge in [0.05, 0.1) is 7.11 Å². The van der Waals surface area contributed by atoms with Gasteiger partial charge >= 0.3 is 0 Å². The van der Waals surface area contributed by atoms with Gasteiger partial charge in [0.15, 0.2) is 18.1 Å². The Labute approximate surface area is 133 Å². The van der Waals surface area contributed by atoms with E-state index in [1.54, 1.807) is 14.2 Å². The summed E-state index contributed by atoms with van der Waals surface area (Å²) in [5, 5.41) is 2.51. The van der Waals surface area contributed by atoms with Crippen LogP contribution >= 0.6 is 0 Å². The number of rotatable bonds is 5. The van der Waals surface area contributed by atoms with Crippen LogP contribution in [0.4, 0.5) is 0 Å². The zero-order chi connectivity index (χ0) is 16.2. The van der Waals surface area contributed by atoms with Crippen LogP contribution in [0.15, 0.2) is 36.4 Å². The molecule has 0 aromatic heterocycles. The van der Waals surface area contributed by atoms with Gasteiger partial charge in [-0.2, -0.15) is 0 Å². The molecule has 0 saturated heterocycles. The van der Waals surface area contributed by atoms with Gasteiger partial charge in [-0.05, 0) is 23.8 Å². The maximum atomic E-state index is 11.2. The number of hydrogen-bond acceptors (Lipinski definition) is 5. The highest BCUT2D eigenvalue weighted by atomic mass is 16.7. The molecule has 2 aromatic carbocycles. The second-order valence-electron chi connectivity index (χ2n) is 4.89. The molecule has 0 unspecified atom stereocenters. The van der Waals surface area contributed by atoms with E-state index in [4.69, 9.17) is 18.9 Å². The van der Waals surface area contributed by atoms with Gasteiger partial charge in [-0.3, -0.25) is 4.79 Å². The lowest BCUT2D eigenvalue weighted by molar-refractivity contribution is -0.122. The summed E-state index contributed by atoms with van der Waals surface area (Å²) in [5.41, 5.74) is 1.85. The van der Waals surface area contributed by atoms with Gasteiger partial charge in [-0.1, -0.05) is 12.1 Å². The Bertz CT molecular complexity index is 712. The molecule has 120 valence electrons. The Morgan fingerprint density at radius 1 is 1.17 bits per heavy atom. The van der Waals surface area contributed by atoms with Crippen molar-refractivity contribution in [3.63, 3.8) is 0 Å².